The summed E-state index contributed by atoms with van der Waals surface area (Å²) in [5.74, 6) is -0.997. The number of hydrogen-bond acceptors (Lipinski definition) is 4. The van der Waals surface area contributed by atoms with Gasteiger partial charge in [0.15, 0.2) is 0 Å². The molecule has 3 amide bonds. The van der Waals surface area contributed by atoms with Crippen LogP contribution in [0.25, 0.3) is 11.1 Å². The number of amides is 3. The van der Waals surface area contributed by atoms with E-state index in [9.17, 15) is 19.5 Å². The van der Waals surface area contributed by atoms with Gasteiger partial charge in [0.25, 0.3) is 5.91 Å². The molecule has 188 valence electrons. The number of urea groups is 1. The molecule has 36 heavy (non-hydrogen) atoms. The van der Waals surface area contributed by atoms with Crippen molar-refractivity contribution in [1.82, 2.24) is 4.90 Å². The topological polar surface area (TPSA) is 108 Å². The van der Waals surface area contributed by atoms with Crippen LogP contribution in [0.1, 0.15) is 31.1 Å². The van der Waals surface area contributed by atoms with Crippen LogP contribution < -0.4 is 15.4 Å². The number of aliphatic carboxylic acids is 1. The second kappa shape index (κ2) is 11.9. The van der Waals surface area contributed by atoms with Gasteiger partial charge in [0.05, 0.1) is 12.3 Å². The fourth-order valence-corrected chi connectivity index (χ4v) is 3.92. The number of carbonyl (C=O) groups is 3. The maximum atomic E-state index is 12.8. The van der Waals surface area contributed by atoms with E-state index >= 15 is 0 Å². The highest BCUT2D eigenvalue weighted by Crippen LogP contribution is 2.25. The Morgan fingerprint density at radius 3 is 2.03 bits per heavy atom. The highest BCUT2D eigenvalue weighted by molar-refractivity contribution is 6.01. The number of carboxylic acid groups (broad SMARTS) is 1. The number of para-hydroxylation sites is 2. The monoisotopic (exact) mass is 489 g/mol. The van der Waals surface area contributed by atoms with E-state index in [1.54, 1.807) is 50.2 Å². The molecule has 0 unspecified atom stereocenters. The second-order valence-corrected chi connectivity index (χ2v) is 8.61. The molecule has 3 N–H and O–H groups in total. The van der Waals surface area contributed by atoms with Crippen LogP contribution in [0.2, 0.25) is 0 Å². The Hall–Kier alpha value is -4.33. The van der Waals surface area contributed by atoms with E-state index in [0.717, 1.165) is 11.1 Å². The van der Waals surface area contributed by atoms with Crippen LogP contribution in [-0.2, 0) is 4.79 Å². The molecule has 0 saturated heterocycles. The first-order chi connectivity index (χ1) is 17.2. The number of carboxylic acids is 1. The van der Waals surface area contributed by atoms with Gasteiger partial charge in [0, 0.05) is 18.3 Å². The van der Waals surface area contributed by atoms with E-state index in [1.807, 2.05) is 43.3 Å². The molecule has 0 spiro atoms. The molecular weight excluding hydrogens is 458 g/mol. The quantitative estimate of drug-likeness (QED) is 0.364. The summed E-state index contributed by atoms with van der Waals surface area (Å²) in [6.45, 7) is 5.92. The highest BCUT2D eigenvalue weighted by atomic mass is 16.5. The number of benzene rings is 3. The van der Waals surface area contributed by atoms with Gasteiger partial charge in [-0.15, -0.1) is 0 Å². The van der Waals surface area contributed by atoms with Crippen LogP contribution in [0.5, 0.6) is 5.75 Å². The summed E-state index contributed by atoms with van der Waals surface area (Å²) in [4.78, 5) is 38.0. The van der Waals surface area contributed by atoms with Gasteiger partial charge in [-0.3, -0.25) is 4.79 Å². The Balaban J connectivity index is 1.65. The van der Waals surface area contributed by atoms with Gasteiger partial charge in [0.1, 0.15) is 11.8 Å². The zero-order valence-electron chi connectivity index (χ0n) is 20.8. The summed E-state index contributed by atoms with van der Waals surface area (Å²) >= 11 is 0. The maximum Gasteiger partial charge on any atom is 0.326 e. The number of carbonyl (C=O) groups excluding carboxylic acids is 2. The third-order valence-electron chi connectivity index (χ3n) is 5.67. The van der Waals surface area contributed by atoms with Crippen molar-refractivity contribution in [3.05, 3.63) is 78.4 Å². The smallest absolute Gasteiger partial charge is 0.326 e. The van der Waals surface area contributed by atoms with E-state index in [0.29, 0.717) is 29.3 Å². The number of likely N-dealkylation sites (N-methyl/N-ethyl adjacent to an activating group) is 1. The largest absolute Gasteiger partial charge is 0.492 e. The minimum absolute atomic E-state index is 0.218. The first-order valence-corrected chi connectivity index (χ1v) is 11.7. The molecule has 0 radical (unpaired) electrons. The van der Waals surface area contributed by atoms with Crippen molar-refractivity contribution in [2.45, 2.75) is 26.8 Å². The summed E-state index contributed by atoms with van der Waals surface area (Å²) in [5, 5.41) is 15.0. The molecule has 0 aromatic heterocycles. The number of hydrogen-bond donors (Lipinski definition) is 3. The molecule has 0 heterocycles. The minimum atomic E-state index is -1.03. The summed E-state index contributed by atoms with van der Waals surface area (Å²) in [7, 11) is 1.51. The number of nitrogens with one attached hydrogen (secondary N) is 2. The molecule has 0 aliphatic rings. The summed E-state index contributed by atoms with van der Waals surface area (Å²) < 4.78 is 5.53. The molecule has 3 rings (SSSR count). The molecule has 1 atom stereocenters. The van der Waals surface area contributed by atoms with E-state index < -0.39 is 12.0 Å². The maximum absolute atomic E-state index is 12.8. The van der Waals surface area contributed by atoms with Gasteiger partial charge in [-0.2, -0.15) is 0 Å². The lowest BCUT2D eigenvalue weighted by atomic mass is 10.0. The molecular formula is C28H31N3O5. The Bertz CT molecular complexity index is 1210. The van der Waals surface area contributed by atoms with Gasteiger partial charge in [0.2, 0.25) is 0 Å². The summed E-state index contributed by atoms with van der Waals surface area (Å²) in [5.41, 5.74) is 3.40. The van der Waals surface area contributed by atoms with Crippen molar-refractivity contribution in [2.24, 2.45) is 5.92 Å². The van der Waals surface area contributed by atoms with Crippen molar-refractivity contribution in [1.29, 1.82) is 0 Å². The standard InChI is InChI=1S/C28H31N3O5/c1-5-36-24-9-7-6-8-23(24)30-28(35)29-22-16-14-20(15-17-22)19-10-12-21(13-11-19)26(32)31(4)25(18(2)3)27(33)34/h6-18,25H,5H2,1-4H3,(H,33,34)(H2,29,30,35)/t25-/m0/s1. The lowest BCUT2D eigenvalue weighted by molar-refractivity contribution is -0.143. The Morgan fingerprint density at radius 1 is 0.889 bits per heavy atom. The zero-order valence-corrected chi connectivity index (χ0v) is 20.8. The molecule has 0 aliphatic heterocycles. The molecule has 8 nitrogen and oxygen atoms in total. The SMILES string of the molecule is CCOc1ccccc1NC(=O)Nc1ccc(-c2ccc(C(=O)N(C)[C@H](C(=O)O)C(C)C)cc2)cc1. The highest BCUT2D eigenvalue weighted by Gasteiger charge is 2.30. The van der Waals surface area contributed by atoms with E-state index in [1.165, 1.54) is 11.9 Å². The van der Waals surface area contributed by atoms with Gasteiger partial charge >= 0.3 is 12.0 Å². The number of rotatable bonds is 9. The molecule has 0 saturated carbocycles. The molecule has 0 aliphatic carbocycles. The molecule has 8 heteroatoms. The Morgan fingerprint density at radius 2 is 1.47 bits per heavy atom. The molecule has 0 bridgehead atoms. The van der Waals surface area contributed by atoms with Crippen LogP contribution in [-0.4, -0.2) is 47.6 Å². The Labute approximate surface area is 210 Å². The summed E-state index contributed by atoms with van der Waals surface area (Å²) in [6, 6.07) is 20.2. The molecule has 0 fully saturated rings. The number of nitrogens with zero attached hydrogens (tertiary/aromatic N) is 1. The van der Waals surface area contributed by atoms with Crippen molar-refractivity contribution in [2.75, 3.05) is 24.3 Å². The van der Waals surface area contributed by atoms with Crippen molar-refractivity contribution in [3.8, 4) is 16.9 Å². The van der Waals surface area contributed by atoms with Gasteiger partial charge in [-0.25, -0.2) is 9.59 Å². The average Bonchev–Trinajstić information content (AvgIpc) is 2.85. The Kier molecular flexibility index (Phi) is 8.67. The van der Waals surface area contributed by atoms with Crippen LogP contribution in [0.15, 0.2) is 72.8 Å². The summed E-state index contributed by atoms with van der Waals surface area (Å²) in [6.07, 6.45) is 0. The van der Waals surface area contributed by atoms with Crippen molar-refractivity contribution in [3.63, 3.8) is 0 Å². The van der Waals surface area contributed by atoms with Crippen LogP contribution in [0.3, 0.4) is 0 Å². The minimum Gasteiger partial charge on any atom is -0.492 e. The van der Waals surface area contributed by atoms with Crippen LogP contribution >= 0.6 is 0 Å². The normalized spacial score (nSPS) is 11.5. The fourth-order valence-electron chi connectivity index (χ4n) is 3.92. The van der Waals surface area contributed by atoms with Crippen LogP contribution in [0, 0.1) is 5.92 Å². The third kappa shape index (κ3) is 6.41. The van der Waals surface area contributed by atoms with E-state index in [2.05, 4.69) is 10.6 Å². The van der Waals surface area contributed by atoms with E-state index in [-0.39, 0.29) is 17.9 Å². The molecule has 3 aromatic rings. The van der Waals surface area contributed by atoms with Gasteiger partial charge in [-0.05, 0) is 60.4 Å². The van der Waals surface area contributed by atoms with E-state index in [4.69, 9.17) is 4.74 Å². The van der Waals surface area contributed by atoms with Crippen LogP contribution in [0.4, 0.5) is 16.2 Å². The second-order valence-electron chi connectivity index (χ2n) is 8.61. The molecule has 3 aromatic carbocycles. The first kappa shape index (κ1) is 26.3. The lowest BCUT2D eigenvalue weighted by Gasteiger charge is -2.27. The third-order valence-corrected chi connectivity index (χ3v) is 5.67. The van der Waals surface area contributed by atoms with Crippen molar-refractivity contribution < 1.29 is 24.2 Å². The predicted molar refractivity (Wildman–Crippen MR) is 140 cm³/mol. The number of ether oxygens (including phenoxy) is 1. The van der Waals surface area contributed by atoms with Crippen molar-refractivity contribution >= 4 is 29.3 Å². The van der Waals surface area contributed by atoms with Gasteiger partial charge < -0.3 is 25.4 Å². The zero-order chi connectivity index (χ0) is 26.2. The van der Waals surface area contributed by atoms with Gasteiger partial charge in [-0.1, -0.05) is 50.2 Å². The fraction of sp³-hybridized carbons (Fsp3) is 0.250. The average molecular weight is 490 g/mol. The number of anilines is 2. The lowest BCUT2D eigenvalue weighted by Crippen LogP contribution is -2.45. The first-order valence-electron chi connectivity index (χ1n) is 11.7. The predicted octanol–water partition coefficient (Wildman–Crippen LogP) is 5.58.